The highest BCUT2D eigenvalue weighted by Crippen LogP contribution is 2.28. The summed E-state index contributed by atoms with van der Waals surface area (Å²) in [6.45, 7) is 1.64. The molecule has 1 amide bonds. The zero-order chi connectivity index (χ0) is 17.3. The van der Waals surface area contributed by atoms with Gasteiger partial charge in [-0.05, 0) is 44.8 Å². The zero-order valence-corrected chi connectivity index (χ0v) is 13.2. The molecule has 2 heterocycles. The summed E-state index contributed by atoms with van der Waals surface area (Å²) in [5.74, 6) is -0.446. The summed E-state index contributed by atoms with van der Waals surface area (Å²) in [7, 11) is 0. The summed E-state index contributed by atoms with van der Waals surface area (Å²) in [4.78, 5) is 14.3. The summed E-state index contributed by atoms with van der Waals surface area (Å²) >= 11 is 0. The molecule has 3 atom stereocenters. The van der Waals surface area contributed by atoms with Crippen molar-refractivity contribution >= 4 is 5.91 Å². The van der Waals surface area contributed by atoms with E-state index in [1.807, 2.05) is 0 Å². The summed E-state index contributed by atoms with van der Waals surface area (Å²) in [5.41, 5.74) is -1.02. The van der Waals surface area contributed by atoms with Gasteiger partial charge in [0, 0.05) is 12.2 Å². The largest absolute Gasteiger partial charge is 0.435 e. The number of halogens is 3. The highest BCUT2D eigenvalue weighted by atomic mass is 19.4. The summed E-state index contributed by atoms with van der Waals surface area (Å²) in [6, 6.07) is 0.529. The molecule has 2 fully saturated rings. The molecular weight excluding hydrogens is 325 g/mol. The first kappa shape index (κ1) is 17.2. The van der Waals surface area contributed by atoms with E-state index >= 15 is 0 Å². The second kappa shape index (κ2) is 6.72. The van der Waals surface area contributed by atoms with Crippen LogP contribution in [0.3, 0.4) is 0 Å². The topological polar surface area (TPSA) is 70.4 Å². The number of carbonyl (C=O) groups excluding carboxylic acids is 1. The van der Waals surface area contributed by atoms with Crippen molar-refractivity contribution in [3.63, 3.8) is 0 Å². The van der Waals surface area contributed by atoms with Gasteiger partial charge in [0.15, 0.2) is 5.69 Å². The second-order valence-corrected chi connectivity index (χ2v) is 6.45. The molecule has 1 aliphatic carbocycles. The normalized spacial score (nSPS) is 28.4. The molecule has 2 aliphatic rings. The van der Waals surface area contributed by atoms with E-state index in [1.165, 1.54) is 0 Å². The molecule has 1 saturated heterocycles. The quantitative estimate of drug-likeness (QED) is 0.854. The molecule has 24 heavy (non-hydrogen) atoms. The molecule has 9 heteroatoms. The minimum Gasteiger partial charge on any atom is -0.389 e. The van der Waals surface area contributed by atoms with E-state index in [-0.39, 0.29) is 18.6 Å². The monoisotopic (exact) mass is 346 g/mol. The standard InChI is InChI=1S/C15H21F3N4O2/c16-15(17,18)12-5-8-22(20-12)9-13(23)19-10-3-4-11(14(10)24)21-6-1-2-7-21/h5,8,10-11,14,24H,1-4,6-7,9H2,(H,19,23)/t10-,11-,14-/m1/s1. The first-order valence-electron chi connectivity index (χ1n) is 8.17. The number of likely N-dealkylation sites (tertiary alicyclic amines) is 1. The molecule has 1 aliphatic heterocycles. The highest BCUT2D eigenvalue weighted by molar-refractivity contribution is 5.76. The number of nitrogens with zero attached hydrogens (tertiary/aromatic N) is 3. The van der Waals surface area contributed by atoms with Crippen LogP contribution in [0.2, 0.25) is 0 Å². The second-order valence-electron chi connectivity index (χ2n) is 6.45. The molecule has 1 saturated carbocycles. The Morgan fingerprint density at radius 3 is 2.67 bits per heavy atom. The van der Waals surface area contributed by atoms with E-state index in [0.29, 0.717) is 6.42 Å². The minimum atomic E-state index is -4.52. The van der Waals surface area contributed by atoms with Gasteiger partial charge >= 0.3 is 6.18 Å². The van der Waals surface area contributed by atoms with E-state index in [4.69, 9.17) is 0 Å². The fraction of sp³-hybridized carbons (Fsp3) is 0.733. The van der Waals surface area contributed by atoms with Crippen LogP contribution in [-0.4, -0.2) is 57.0 Å². The Morgan fingerprint density at radius 1 is 1.33 bits per heavy atom. The van der Waals surface area contributed by atoms with Crippen molar-refractivity contribution < 1.29 is 23.1 Å². The van der Waals surface area contributed by atoms with Crippen molar-refractivity contribution in [1.82, 2.24) is 20.0 Å². The number of hydrogen-bond acceptors (Lipinski definition) is 4. The lowest BCUT2D eigenvalue weighted by Gasteiger charge is -2.28. The van der Waals surface area contributed by atoms with Crippen molar-refractivity contribution in [3.8, 4) is 0 Å². The first-order chi connectivity index (χ1) is 11.3. The fourth-order valence-electron chi connectivity index (χ4n) is 3.59. The van der Waals surface area contributed by atoms with Gasteiger partial charge in [0.05, 0.1) is 12.1 Å². The van der Waals surface area contributed by atoms with Crippen LogP contribution in [0.4, 0.5) is 13.2 Å². The van der Waals surface area contributed by atoms with Crippen molar-refractivity contribution in [3.05, 3.63) is 18.0 Å². The molecule has 0 aromatic carbocycles. The average molecular weight is 346 g/mol. The number of carbonyl (C=O) groups is 1. The molecule has 3 rings (SSSR count). The Balaban J connectivity index is 1.52. The molecule has 0 unspecified atom stereocenters. The Hall–Kier alpha value is -1.61. The van der Waals surface area contributed by atoms with Crippen molar-refractivity contribution in [2.24, 2.45) is 0 Å². The zero-order valence-electron chi connectivity index (χ0n) is 13.2. The lowest BCUT2D eigenvalue weighted by molar-refractivity contribution is -0.141. The van der Waals surface area contributed by atoms with E-state index in [0.717, 1.165) is 49.3 Å². The van der Waals surface area contributed by atoms with Gasteiger partial charge in [0.25, 0.3) is 0 Å². The Kier molecular flexibility index (Phi) is 4.82. The number of hydrogen-bond donors (Lipinski definition) is 2. The number of alkyl halides is 3. The summed E-state index contributed by atoms with van der Waals surface area (Å²) in [6.07, 6.45) is -0.308. The van der Waals surface area contributed by atoms with Crippen LogP contribution in [0.25, 0.3) is 0 Å². The predicted molar refractivity (Wildman–Crippen MR) is 79.0 cm³/mol. The van der Waals surface area contributed by atoms with Crippen LogP contribution in [0.5, 0.6) is 0 Å². The number of aliphatic hydroxyl groups excluding tert-OH is 1. The van der Waals surface area contributed by atoms with Crippen LogP contribution >= 0.6 is 0 Å². The van der Waals surface area contributed by atoms with Gasteiger partial charge in [-0.3, -0.25) is 14.4 Å². The number of amides is 1. The van der Waals surface area contributed by atoms with Crippen molar-refractivity contribution in [2.45, 2.75) is 56.6 Å². The molecule has 1 aromatic rings. The molecule has 2 N–H and O–H groups in total. The molecule has 134 valence electrons. The van der Waals surface area contributed by atoms with E-state index in [2.05, 4.69) is 15.3 Å². The maximum Gasteiger partial charge on any atom is 0.435 e. The van der Waals surface area contributed by atoms with E-state index < -0.39 is 23.9 Å². The number of aliphatic hydroxyl groups is 1. The van der Waals surface area contributed by atoms with Crippen molar-refractivity contribution in [1.29, 1.82) is 0 Å². The van der Waals surface area contributed by atoms with Gasteiger partial charge in [-0.1, -0.05) is 0 Å². The van der Waals surface area contributed by atoms with E-state index in [1.54, 1.807) is 0 Å². The maximum absolute atomic E-state index is 12.5. The lowest BCUT2D eigenvalue weighted by atomic mass is 10.1. The Morgan fingerprint density at radius 2 is 2.04 bits per heavy atom. The van der Waals surface area contributed by atoms with Crippen LogP contribution in [0.1, 0.15) is 31.4 Å². The third-order valence-electron chi connectivity index (χ3n) is 4.77. The molecule has 6 nitrogen and oxygen atoms in total. The van der Waals surface area contributed by atoms with Gasteiger partial charge in [-0.25, -0.2) is 0 Å². The predicted octanol–water partition coefficient (Wildman–Crippen LogP) is 1.01. The number of nitrogens with one attached hydrogen (secondary N) is 1. The Labute approximate surface area is 137 Å². The van der Waals surface area contributed by atoms with Gasteiger partial charge in [0.2, 0.25) is 5.91 Å². The smallest absolute Gasteiger partial charge is 0.389 e. The van der Waals surface area contributed by atoms with Crippen LogP contribution in [0, 0.1) is 0 Å². The van der Waals surface area contributed by atoms with Crippen LogP contribution in [-0.2, 0) is 17.5 Å². The minimum absolute atomic E-state index is 0.0549. The van der Waals surface area contributed by atoms with Gasteiger partial charge in [-0.15, -0.1) is 0 Å². The summed E-state index contributed by atoms with van der Waals surface area (Å²) in [5, 5.41) is 16.5. The SMILES string of the molecule is O=C(Cn1ccc(C(F)(F)F)n1)N[C@@H]1CC[C@@H](N2CCCC2)[C@@H]1O. The number of rotatable bonds is 4. The van der Waals surface area contributed by atoms with Gasteiger partial charge in [0.1, 0.15) is 6.54 Å². The highest BCUT2D eigenvalue weighted by Gasteiger charge is 2.39. The maximum atomic E-state index is 12.5. The lowest BCUT2D eigenvalue weighted by Crippen LogP contribution is -2.48. The molecule has 0 radical (unpaired) electrons. The number of aromatic nitrogens is 2. The third kappa shape index (κ3) is 3.72. The van der Waals surface area contributed by atoms with Crippen LogP contribution in [0.15, 0.2) is 12.3 Å². The van der Waals surface area contributed by atoms with Gasteiger partial charge < -0.3 is 10.4 Å². The molecule has 0 bridgehead atoms. The fourth-order valence-corrected chi connectivity index (χ4v) is 3.59. The van der Waals surface area contributed by atoms with Crippen LogP contribution < -0.4 is 5.32 Å². The molecule has 1 aromatic heterocycles. The van der Waals surface area contributed by atoms with E-state index in [9.17, 15) is 23.1 Å². The third-order valence-corrected chi connectivity index (χ3v) is 4.77. The average Bonchev–Trinajstić information content (AvgIpc) is 3.20. The van der Waals surface area contributed by atoms with Crippen molar-refractivity contribution in [2.75, 3.05) is 13.1 Å². The first-order valence-corrected chi connectivity index (χ1v) is 8.17. The van der Waals surface area contributed by atoms with Gasteiger partial charge in [-0.2, -0.15) is 18.3 Å². The summed E-state index contributed by atoms with van der Waals surface area (Å²) < 4.78 is 38.4. The molecule has 0 spiro atoms. The Bertz CT molecular complexity index is 584. The molecular formula is C15H21F3N4O2.